The van der Waals surface area contributed by atoms with Crippen LogP contribution in [0.3, 0.4) is 0 Å². The summed E-state index contributed by atoms with van der Waals surface area (Å²) < 4.78 is 4.40. The summed E-state index contributed by atoms with van der Waals surface area (Å²) in [6.45, 7) is 0. The standard InChI is InChI=1S/C45H25N5/c46-26-29-17-19-43-38(21-29)35-13-4-6-15-41(35)49(43)34-12-8-11-32(23-34)33-24-37(31-9-2-1-3-10-31)40(28-48)45(25-33)50-42-16-7-5-14-36(42)39-22-30(27-47)18-20-44(39)50/h1-25H. The molecule has 2 aromatic heterocycles. The Bertz CT molecular complexity index is 2960. The molecule has 0 amide bonds. The van der Waals surface area contributed by atoms with Crippen molar-refractivity contribution in [1.29, 1.82) is 15.8 Å². The fourth-order valence-electron chi connectivity index (χ4n) is 7.38. The molecular formula is C45H25N5. The molecule has 0 saturated heterocycles. The Hall–Kier alpha value is -7.39. The number of aromatic nitrogens is 2. The summed E-state index contributed by atoms with van der Waals surface area (Å²) in [4.78, 5) is 0. The first-order valence-corrected chi connectivity index (χ1v) is 16.3. The van der Waals surface area contributed by atoms with Gasteiger partial charge in [-0.05, 0) is 89.5 Å². The van der Waals surface area contributed by atoms with Crippen LogP contribution in [0, 0.1) is 34.0 Å². The van der Waals surface area contributed by atoms with Gasteiger partial charge in [-0.1, -0.05) is 78.9 Å². The van der Waals surface area contributed by atoms with Crippen molar-refractivity contribution >= 4 is 43.6 Å². The van der Waals surface area contributed by atoms with E-state index in [0.717, 1.165) is 77.2 Å². The molecule has 0 aliphatic rings. The number of hydrogen-bond acceptors (Lipinski definition) is 3. The van der Waals surface area contributed by atoms with E-state index in [1.54, 1.807) is 0 Å². The first-order chi connectivity index (χ1) is 24.7. The van der Waals surface area contributed by atoms with Crippen LogP contribution < -0.4 is 0 Å². The molecule has 5 nitrogen and oxygen atoms in total. The van der Waals surface area contributed by atoms with Crippen LogP contribution in [0.25, 0.3) is 77.2 Å². The van der Waals surface area contributed by atoms with Crippen molar-refractivity contribution in [3.05, 3.63) is 168 Å². The first-order valence-electron chi connectivity index (χ1n) is 16.3. The third-order valence-corrected chi connectivity index (χ3v) is 9.60. The summed E-state index contributed by atoms with van der Waals surface area (Å²) in [7, 11) is 0. The number of fused-ring (bicyclic) bond motifs is 6. The highest BCUT2D eigenvalue weighted by Crippen LogP contribution is 2.40. The van der Waals surface area contributed by atoms with Gasteiger partial charge in [-0.2, -0.15) is 15.8 Å². The maximum absolute atomic E-state index is 10.8. The van der Waals surface area contributed by atoms with Gasteiger partial charge in [0.1, 0.15) is 6.07 Å². The summed E-state index contributed by atoms with van der Waals surface area (Å²) in [5.41, 5.74) is 11.3. The normalized spacial score (nSPS) is 11.1. The highest BCUT2D eigenvalue weighted by Gasteiger charge is 2.21. The van der Waals surface area contributed by atoms with Gasteiger partial charge in [0, 0.05) is 32.8 Å². The van der Waals surface area contributed by atoms with Crippen molar-refractivity contribution in [2.75, 3.05) is 0 Å². The van der Waals surface area contributed by atoms with Crippen LogP contribution in [0.5, 0.6) is 0 Å². The van der Waals surface area contributed by atoms with E-state index in [9.17, 15) is 15.8 Å². The molecule has 0 spiro atoms. The molecule has 5 heteroatoms. The van der Waals surface area contributed by atoms with Crippen LogP contribution in [0.1, 0.15) is 16.7 Å². The average Bonchev–Trinajstić information content (AvgIpc) is 3.69. The lowest BCUT2D eigenvalue weighted by molar-refractivity contribution is 1.17. The molecule has 0 radical (unpaired) electrons. The number of rotatable bonds is 4. The summed E-state index contributed by atoms with van der Waals surface area (Å²) >= 11 is 0. The van der Waals surface area contributed by atoms with E-state index in [4.69, 9.17) is 0 Å². The van der Waals surface area contributed by atoms with E-state index in [0.29, 0.717) is 16.7 Å². The Balaban J connectivity index is 1.33. The molecule has 230 valence electrons. The fourth-order valence-corrected chi connectivity index (χ4v) is 7.38. The average molecular weight is 636 g/mol. The van der Waals surface area contributed by atoms with Crippen molar-refractivity contribution in [2.24, 2.45) is 0 Å². The van der Waals surface area contributed by atoms with Gasteiger partial charge < -0.3 is 9.13 Å². The fraction of sp³-hybridized carbons (Fsp3) is 0. The van der Waals surface area contributed by atoms with E-state index in [1.807, 2.05) is 91.0 Å². The topological polar surface area (TPSA) is 81.2 Å². The van der Waals surface area contributed by atoms with E-state index >= 15 is 0 Å². The van der Waals surface area contributed by atoms with Crippen LogP contribution in [-0.2, 0) is 0 Å². The van der Waals surface area contributed by atoms with Crippen molar-refractivity contribution in [2.45, 2.75) is 0 Å². The second-order valence-corrected chi connectivity index (χ2v) is 12.3. The minimum absolute atomic E-state index is 0.568. The molecule has 0 N–H and O–H groups in total. The molecule has 9 rings (SSSR count). The van der Waals surface area contributed by atoms with Gasteiger partial charge in [-0.25, -0.2) is 0 Å². The molecule has 0 aliphatic heterocycles. The molecular weight excluding hydrogens is 611 g/mol. The number of para-hydroxylation sites is 2. The Labute approximate surface area is 287 Å². The predicted octanol–water partition coefficient (Wildman–Crippen LogP) is 10.8. The van der Waals surface area contributed by atoms with E-state index in [1.165, 1.54) is 0 Å². The minimum Gasteiger partial charge on any atom is -0.309 e. The van der Waals surface area contributed by atoms with E-state index in [2.05, 4.69) is 88.0 Å². The smallest absolute Gasteiger partial charge is 0.102 e. The van der Waals surface area contributed by atoms with Crippen LogP contribution >= 0.6 is 0 Å². The van der Waals surface area contributed by atoms with Gasteiger partial charge in [-0.3, -0.25) is 0 Å². The van der Waals surface area contributed by atoms with Gasteiger partial charge in [0.05, 0.1) is 56.6 Å². The number of benzene rings is 7. The molecule has 0 fully saturated rings. The number of nitrogens with zero attached hydrogens (tertiary/aromatic N) is 5. The van der Waals surface area contributed by atoms with Crippen molar-refractivity contribution < 1.29 is 0 Å². The quantitative estimate of drug-likeness (QED) is 0.193. The van der Waals surface area contributed by atoms with Gasteiger partial charge in [-0.15, -0.1) is 0 Å². The second-order valence-electron chi connectivity index (χ2n) is 12.3. The summed E-state index contributed by atoms with van der Waals surface area (Å²) in [6, 6.07) is 57.9. The highest BCUT2D eigenvalue weighted by atomic mass is 15.0. The molecule has 0 aliphatic carbocycles. The molecule has 0 atom stereocenters. The molecule has 7 aromatic carbocycles. The Morgan fingerprint density at radius 3 is 1.58 bits per heavy atom. The molecule has 2 heterocycles. The van der Waals surface area contributed by atoms with Crippen molar-refractivity contribution in [3.63, 3.8) is 0 Å². The maximum atomic E-state index is 10.8. The number of nitriles is 3. The largest absolute Gasteiger partial charge is 0.309 e. The molecule has 0 unspecified atom stereocenters. The van der Waals surface area contributed by atoms with Gasteiger partial charge in [0.25, 0.3) is 0 Å². The third-order valence-electron chi connectivity index (χ3n) is 9.60. The highest BCUT2D eigenvalue weighted by molar-refractivity contribution is 6.11. The van der Waals surface area contributed by atoms with Crippen LogP contribution in [0.15, 0.2) is 152 Å². The Morgan fingerprint density at radius 1 is 0.380 bits per heavy atom. The lowest BCUT2D eigenvalue weighted by Crippen LogP contribution is -2.01. The van der Waals surface area contributed by atoms with Crippen LogP contribution in [0.4, 0.5) is 0 Å². The van der Waals surface area contributed by atoms with Gasteiger partial charge in [0.2, 0.25) is 0 Å². The molecule has 9 aromatic rings. The lowest BCUT2D eigenvalue weighted by atomic mass is 9.93. The number of hydrogen-bond donors (Lipinski definition) is 0. The summed E-state index contributed by atoms with van der Waals surface area (Å²) in [6.07, 6.45) is 0. The van der Waals surface area contributed by atoms with Crippen molar-refractivity contribution in [3.8, 4) is 51.8 Å². The van der Waals surface area contributed by atoms with E-state index < -0.39 is 0 Å². The van der Waals surface area contributed by atoms with E-state index in [-0.39, 0.29) is 0 Å². The monoisotopic (exact) mass is 635 g/mol. The summed E-state index contributed by atoms with van der Waals surface area (Å²) in [5.74, 6) is 0. The van der Waals surface area contributed by atoms with Gasteiger partial charge >= 0.3 is 0 Å². The SMILES string of the molecule is N#Cc1ccc2c(c1)c1ccccc1n2-c1cccc(-c2cc(-c3ccccc3)c(C#N)c(-n3c4ccccc4c4cc(C#N)ccc43)c2)c1. The third kappa shape index (κ3) is 4.38. The second kappa shape index (κ2) is 11.4. The lowest BCUT2D eigenvalue weighted by Gasteiger charge is -2.17. The minimum atomic E-state index is 0.568. The zero-order valence-electron chi connectivity index (χ0n) is 26.7. The first kappa shape index (κ1) is 28.8. The Morgan fingerprint density at radius 2 is 0.940 bits per heavy atom. The van der Waals surface area contributed by atoms with Crippen molar-refractivity contribution in [1.82, 2.24) is 9.13 Å². The molecule has 0 saturated carbocycles. The zero-order valence-corrected chi connectivity index (χ0v) is 26.7. The Kier molecular flexibility index (Phi) is 6.56. The van der Waals surface area contributed by atoms with Crippen LogP contribution in [-0.4, -0.2) is 9.13 Å². The maximum Gasteiger partial charge on any atom is 0.102 e. The molecule has 0 bridgehead atoms. The zero-order chi connectivity index (χ0) is 33.8. The molecule has 50 heavy (non-hydrogen) atoms. The van der Waals surface area contributed by atoms with Crippen LogP contribution in [0.2, 0.25) is 0 Å². The predicted molar refractivity (Wildman–Crippen MR) is 200 cm³/mol. The summed E-state index contributed by atoms with van der Waals surface area (Å²) in [5, 5.41) is 34.3. The van der Waals surface area contributed by atoms with Gasteiger partial charge in [0.15, 0.2) is 0 Å².